The van der Waals surface area contributed by atoms with Crippen molar-refractivity contribution in [2.45, 2.75) is 51.5 Å². The minimum absolute atomic E-state index is 0.795. The van der Waals surface area contributed by atoms with Crippen molar-refractivity contribution in [1.29, 1.82) is 0 Å². The summed E-state index contributed by atoms with van der Waals surface area (Å²) in [5.74, 6) is 1.88. The number of furan rings is 1. The van der Waals surface area contributed by atoms with E-state index < -0.39 is 0 Å². The predicted octanol–water partition coefficient (Wildman–Crippen LogP) is 4.39. The summed E-state index contributed by atoms with van der Waals surface area (Å²) in [4.78, 5) is 14.8. The summed E-state index contributed by atoms with van der Waals surface area (Å²) in [5.41, 5.74) is 2.71. The minimum Gasteiger partial charge on any atom is -0.450 e. The van der Waals surface area contributed by atoms with Crippen molar-refractivity contribution in [1.82, 2.24) is 14.9 Å². The van der Waals surface area contributed by atoms with Gasteiger partial charge in [-0.25, -0.2) is 9.97 Å². The van der Waals surface area contributed by atoms with E-state index in [9.17, 15) is 0 Å². The van der Waals surface area contributed by atoms with Crippen molar-refractivity contribution < 1.29 is 4.42 Å². The molecule has 0 atom stereocenters. The van der Waals surface area contributed by atoms with Gasteiger partial charge in [-0.1, -0.05) is 38.3 Å². The van der Waals surface area contributed by atoms with Crippen molar-refractivity contribution >= 4 is 27.9 Å². The van der Waals surface area contributed by atoms with Gasteiger partial charge in [-0.05, 0) is 25.0 Å². The maximum absolute atomic E-state index is 6.20. The first-order valence-electron chi connectivity index (χ1n) is 10.5. The molecule has 0 N–H and O–H groups in total. The molecule has 142 valence electrons. The number of rotatable bonds is 3. The molecule has 5 nitrogen and oxygen atoms in total. The van der Waals surface area contributed by atoms with Gasteiger partial charge in [0.25, 0.3) is 0 Å². The lowest BCUT2D eigenvalue weighted by Crippen LogP contribution is -2.51. The fourth-order valence-electron chi connectivity index (χ4n) is 4.74. The highest BCUT2D eigenvalue weighted by atomic mass is 16.3. The Hall–Kier alpha value is -2.14. The number of aromatic nitrogens is 2. The van der Waals surface area contributed by atoms with Crippen LogP contribution in [-0.4, -0.2) is 47.1 Å². The lowest BCUT2D eigenvalue weighted by atomic mass is 9.94. The maximum atomic E-state index is 6.20. The van der Waals surface area contributed by atoms with Crippen LogP contribution in [0.4, 0.5) is 5.82 Å². The van der Waals surface area contributed by atoms with Crippen LogP contribution in [0.15, 0.2) is 28.7 Å². The number of anilines is 1. The largest absolute Gasteiger partial charge is 0.450 e. The van der Waals surface area contributed by atoms with E-state index in [1.165, 1.54) is 32.1 Å². The van der Waals surface area contributed by atoms with Crippen molar-refractivity contribution in [2.75, 3.05) is 31.1 Å². The summed E-state index contributed by atoms with van der Waals surface area (Å²) in [6.45, 7) is 6.40. The van der Waals surface area contributed by atoms with Gasteiger partial charge in [0.1, 0.15) is 16.9 Å². The fraction of sp³-hybridized carbons (Fsp3) is 0.545. The molecule has 0 bridgehead atoms. The lowest BCUT2D eigenvalue weighted by Gasteiger charge is -2.41. The van der Waals surface area contributed by atoms with Gasteiger partial charge in [0.05, 0.1) is 0 Å². The van der Waals surface area contributed by atoms with Crippen LogP contribution in [0.5, 0.6) is 0 Å². The number of aryl methyl sites for hydroxylation is 1. The van der Waals surface area contributed by atoms with Crippen LogP contribution in [0, 0.1) is 0 Å². The van der Waals surface area contributed by atoms with E-state index in [0.29, 0.717) is 0 Å². The maximum Gasteiger partial charge on any atom is 0.196 e. The van der Waals surface area contributed by atoms with Gasteiger partial charge in [0, 0.05) is 44.0 Å². The van der Waals surface area contributed by atoms with Crippen LogP contribution in [-0.2, 0) is 6.42 Å². The highest BCUT2D eigenvalue weighted by Gasteiger charge is 2.27. The van der Waals surface area contributed by atoms with Crippen LogP contribution >= 0.6 is 0 Å². The second-order valence-electron chi connectivity index (χ2n) is 7.91. The number of para-hydroxylation sites is 1. The molecule has 2 aliphatic rings. The van der Waals surface area contributed by atoms with Gasteiger partial charge in [-0.3, -0.25) is 4.90 Å². The van der Waals surface area contributed by atoms with Gasteiger partial charge in [-0.15, -0.1) is 0 Å². The number of hydrogen-bond acceptors (Lipinski definition) is 5. The van der Waals surface area contributed by atoms with Gasteiger partial charge in [0.15, 0.2) is 11.4 Å². The normalized spacial score (nSPS) is 20.0. The minimum atomic E-state index is 0.795. The molecule has 3 aromatic rings. The third kappa shape index (κ3) is 3.08. The van der Waals surface area contributed by atoms with Crippen molar-refractivity contribution in [3.63, 3.8) is 0 Å². The lowest BCUT2D eigenvalue weighted by molar-refractivity contribution is 0.147. The molecule has 27 heavy (non-hydrogen) atoms. The van der Waals surface area contributed by atoms with E-state index in [1.807, 2.05) is 18.2 Å². The Morgan fingerprint density at radius 1 is 1.00 bits per heavy atom. The Balaban J connectivity index is 1.46. The van der Waals surface area contributed by atoms with Crippen molar-refractivity contribution in [3.05, 3.63) is 30.1 Å². The van der Waals surface area contributed by atoms with Crippen LogP contribution < -0.4 is 4.90 Å². The summed E-state index contributed by atoms with van der Waals surface area (Å²) < 4.78 is 6.20. The number of benzene rings is 1. The number of nitrogens with zero attached hydrogens (tertiary/aromatic N) is 4. The Morgan fingerprint density at radius 3 is 2.56 bits per heavy atom. The number of piperazine rings is 1. The summed E-state index contributed by atoms with van der Waals surface area (Å²) >= 11 is 0. The molecule has 1 aliphatic carbocycles. The first-order valence-corrected chi connectivity index (χ1v) is 10.5. The molecule has 1 aromatic carbocycles. The standard InChI is InChI=1S/C22H28N4O/c1-2-19-23-20-17-10-6-7-11-18(17)27-21(20)22(24-19)26-14-12-25(13-15-26)16-8-4-3-5-9-16/h6-7,10-11,16H,2-5,8-9,12-15H2,1H3. The van der Waals surface area contributed by atoms with E-state index in [0.717, 1.165) is 72.4 Å². The van der Waals surface area contributed by atoms with Gasteiger partial charge < -0.3 is 9.32 Å². The first-order chi connectivity index (χ1) is 13.3. The van der Waals surface area contributed by atoms with E-state index in [1.54, 1.807) is 0 Å². The molecule has 0 unspecified atom stereocenters. The average Bonchev–Trinajstić information content (AvgIpc) is 3.12. The van der Waals surface area contributed by atoms with Gasteiger partial charge in [0.2, 0.25) is 0 Å². The molecule has 0 radical (unpaired) electrons. The van der Waals surface area contributed by atoms with E-state index in [2.05, 4.69) is 22.8 Å². The summed E-state index contributed by atoms with van der Waals surface area (Å²) in [7, 11) is 0. The molecule has 1 saturated heterocycles. The zero-order valence-electron chi connectivity index (χ0n) is 16.2. The molecular formula is C22H28N4O. The molecule has 5 heteroatoms. The summed E-state index contributed by atoms with van der Waals surface area (Å²) in [6, 6.07) is 8.98. The van der Waals surface area contributed by atoms with E-state index >= 15 is 0 Å². The van der Waals surface area contributed by atoms with Crippen LogP contribution in [0.1, 0.15) is 44.9 Å². The first kappa shape index (κ1) is 17.0. The molecule has 2 aromatic heterocycles. The Kier molecular flexibility index (Phi) is 4.48. The van der Waals surface area contributed by atoms with E-state index in [-0.39, 0.29) is 0 Å². The molecule has 2 fully saturated rings. The topological polar surface area (TPSA) is 45.4 Å². The number of hydrogen-bond donors (Lipinski definition) is 0. The highest BCUT2D eigenvalue weighted by Crippen LogP contribution is 2.34. The van der Waals surface area contributed by atoms with Crippen LogP contribution in [0.25, 0.3) is 22.1 Å². The van der Waals surface area contributed by atoms with E-state index in [4.69, 9.17) is 14.4 Å². The second-order valence-corrected chi connectivity index (χ2v) is 7.91. The van der Waals surface area contributed by atoms with Crippen LogP contribution in [0.2, 0.25) is 0 Å². The molecule has 1 saturated carbocycles. The Labute approximate surface area is 160 Å². The molecule has 0 amide bonds. The molecule has 0 spiro atoms. The Morgan fingerprint density at radius 2 is 1.78 bits per heavy atom. The smallest absolute Gasteiger partial charge is 0.196 e. The summed E-state index contributed by atoms with van der Waals surface area (Å²) in [6.07, 6.45) is 7.81. The SMILES string of the molecule is CCc1nc(N2CCN(C3CCCCC3)CC2)c2oc3ccccc3c2n1. The monoisotopic (exact) mass is 364 g/mol. The molecule has 1 aliphatic heterocycles. The van der Waals surface area contributed by atoms with Crippen molar-refractivity contribution in [3.8, 4) is 0 Å². The molecule has 3 heterocycles. The van der Waals surface area contributed by atoms with Crippen molar-refractivity contribution in [2.24, 2.45) is 0 Å². The predicted molar refractivity (Wildman–Crippen MR) is 109 cm³/mol. The third-order valence-electron chi connectivity index (χ3n) is 6.27. The van der Waals surface area contributed by atoms with Gasteiger partial charge in [-0.2, -0.15) is 0 Å². The summed E-state index contributed by atoms with van der Waals surface area (Å²) in [5, 5.41) is 1.09. The average molecular weight is 364 g/mol. The fourth-order valence-corrected chi connectivity index (χ4v) is 4.74. The molecule has 5 rings (SSSR count). The quantitative estimate of drug-likeness (QED) is 0.689. The third-order valence-corrected chi connectivity index (χ3v) is 6.27. The zero-order chi connectivity index (χ0) is 18.2. The van der Waals surface area contributed by atoms with Crippen LogP contribution in [0.3, 0.4) is 0 Å². The molecular weight excluding hydrogens is 336 g/mol. The van der Waals surface area contributed by atoms with Gasteiger partial charge >= 0.3 is 0 Å². The number of fused-ring (bicyclic) bond motifs is 3. The second kappa shape index (κ2) is 7.12. The zero-order valence-corrected chi connectivity index (χ0v) is 16.2. The highest BCUT2D eigenvalue weighted by molar-refractivity contribution is 6.05. The Bertz CT molecular complexity index is 936.